The number of nitrogens with two attached hydrogens (primary N) is 1. The highest BCUT2D eigenvalue weighted by atomic mass is 32.1. The molecule has 5 nitrogen and oxygen atoms in total. The van der Waals surface area contributed by atoms with Crippen LogP contribution in [0, 0.1) is 0 Å². The van der Waals surface area contributed by atoms with Crippen molar-refractivity contribution in [1.29, 1.82) is 0 Å². The summed E-state index contributed by atoms with van der Waals surface area (Å²) in [5.74, 6) is 0.839. The van der Waals surface area contributed by atoms with Crippen LogP contribution in [0.25, 0.3) is 0 Å². The first kappa shape index (κ1) is 11.8. The van der Waals surface area contributed by atoms with Crippen LogP contribution in [0.15, 0.2) is 24.3 Å². The lowest BCUT2D eigenvalue weighted by Gasteiger charge is -2.03. The lowest BCUT2D eigenvalue weighted by Crippen LogP contribution is -1.94. The third kappa shape index (κ3) is 3.40. The molecule has 2 N–H and O–H groups in total. The predicted octanol–water partition coefficient (Wildman–Crippen LogP) is 1.85. The van der Waals surface area contributed by atoms with Crippen LogP contribution >= 0.6 is 11.3 Å². The molecule has 0 bridgehead atoms. The monoisotopic (exact) mass is 251 g/mol. The minimum atomic E-state index is 0.431. The third-order valence-corrected chi connectivity index (χ3v) is 2.86. The molecule has 2 aromatic rings. The highest BCUT2D eigenvalue weighted by molar-refractivity contribution is 7.15. The van der Waals surface area contributed by atoms with Gasteiger partial charge in [0.05, 0.1) is 13.7 Å². The summed E-state index contributed by atoms with van der Waals surface area (Å²) < 4.78 is 10.6. The lowest BCUT2D eigenvalue weighted by molar-refractivity contribution is 0.106. The number of nitrogens with zero attached hydrogens (tertiary/aromatic N) is 2. The number of ether oxygens (including phenoxy) is 2. The summed E-state index contributed by atoms with van der Waals surface area (Å²) in [6.45, 7) is 0.963. The summed E-state index contributed by atoms with van der Waals surface area (Å²) in [7, 11) is 1.64. The standard InChI is InChI=1S/C11H13N3O2S/c1-15-9-4-2-8(3-5-9)6-16-7-10-13-14-11(12)17-10/h2-5H,6-7H2,1H3,(H2,12,14). The summed E-state index contributed by atoms with van der Waals surface area (Å²) >= 11 is 1.34. The minimum absolute atomic E-state index is 0.431. The SMILES string of the molecule is COc1ccc(COCc2nnc(N)s2)cc1. The van der Waals surface area contributed by atoms with Gasteiger partial charge in [-0.3, -0.25) is 0 Å². The molecule has 0 atom stereocenters. The maximum Gasteiger partial charge on any atom is 0.203 e. The molecule has 2 rings (SSSR count). The Bertz CT molecular complexity index is 470. The molecule has 1 aromatic carbocycles. The van der Waals surface area contributed by atoms with E-state index >= 15 is 0 Å². The first-order chi connectivity index (χ1) is 8.28. The van der Waals surface area contributed by atoms with Gasteiger partial charge >= 0.3 is 0 Å². The molecular weight excluding hydrogens is 238 g/mol. The molecule has 0 amide bonds. The van der Waals surface area contributed by atoms with E-state index in [9.17, 15) is 0 Å². The highest BCUT2D eigenvalue weighted by Gasteiger charge is 2.01. The Morgan fingerprint density at radius 3 is 2.53 bits per heavy atom. The molecule has 0 saturated carbocycles. The molecule has 1 aromatic heterocycles. The Balaban J connectivity index is 1.81. The quantitative estimate of drug-likeness (QED) is 0.878. The number of hydrogen-bond acceptors (Lipinski definition) is 6. The van der Waals surface area contributed by atoms with Gasteiger partial charge in [0.1, 0.15) is 17.4 Å². The Morgan fingerprint density at radius 2 is 1.94 bits per heavy atom. The van der Waals surface area contributed by atoms with Gasteiger partial charge in [0.25, 0.3) is 0 Å². The van der Waals surface area contributed by atoms with E-state index < -0.39 is 0 Å². The number of methoxy groups -OCH3 is 1. The van der Waals surface area contributed by atoms with Gasteiger partial charge < -0.3 is 15.2 Å². The van der Waals surface area contributed by atoms with E-state index in [1.54, 1.807) is 7.11 Å². The van der Waals surface area contributed by atoms with Gasteiger partial charge in [0, 0.05) is 0 Å². The molecule has 0 aliphatic heterocycles. The topological polar surface area (TPSA) is 70.3 Å². The largest absolute Gasteiger partial charge is 0.497 e. The minimum Gasteiger partial charge on any atom is -0.497 e. The van der Waals surface area contributed by atoms with E-state index in [1.807, 2.05) is 24.3 Å². The van der Waals surface area contributed by atoms with Crippen molar-refractivity contribution < 1.29 is 9.47 Å². The Kier molecular flexibility index (Phi) is 3.89. The molecule has 0 fully saturated rings. The molecule has 0 radical (unpaired) electrons. The first-order valence-corrected chi connectivity index (χ1v) is 5.88. The normalized spacial score (nSPS) is 10.4. The summed E-state index contributed by atoms with van der Waals surface area (Å²) in [5, 5.41) is 8.84. The zero-order valence-corrected chi connectivity index (χ0v) is 10.2. The molecular formula is C11H13N3O2S. The van der Waals surface area contributed by atoms with Crippen molar-refractivity contribution in [2.24, 2.45) is 0 Å². The van der Waals surface area contributed by atoms with Crippen molar-refractivity contribution in [3.63, 3.8) is 0 Å². The maximum absolute atomic E-state index is 5.50. The fourth-order valence-electron chi connectivity index (χ4n) is 1.30. The fourth-order valence-corrected chi connectivity index (χ4v) is 1.85. The van der Waals surface area contributed by atoms with Crippen LogP contribution in [0.2, 0.25) is 0 Å². The molecule has 6 heteroatoms. The first-order valence-electron chi connectivity index (χ1n) is 5.06. The van der Waals surface area contributed by atoms with Crippen LogP contribution in [-0.2, 0) is 18.0 Å². The number of nitrogen functional groups attached to an aromatic ring is 1. The van der Waals surface area contributed by atoms with Crippen LogP contribution in [0.4, 0.5) is 5.13 Å². The zero-order chi connectivity index (χ0) is 12.1. The third-order valence-electron chi connectivity index (χ3n) is 2.14. The van der Waals surface area contributed by atoms with E-state index in [0.717, 1.165) is 16.3 Å². The van der Waals surface area contributed by atoms with Gasteiger partial charge in [0.15, 0.2) is 0 Å². The predicted molar refractivity (Wildman–Crippen MR) is 65.8 cm³/mol. The molecule has 0 aliphatic carbocycles. The van der Waals surface area contributed by atoms with Gasteiger partial charge in [0.2, 0.25) is 5.13 Å². The summed E-state index contributed by atoms with van der Waals surface area (Å²) in [5.41, 5.74) is 6.56. The second kappa shape index (κ2) is 5.60. The number of rotatable bonds is 5. The molecule has 0 aliphatic rings. The van der Waals surface area contributed by atoms with E-state index in [1.165, 1.54) is 11.3 Å². The fraction of sp³-hybridized carbons (Fsp3) is 0.273. The molecule has 0 saturated heterocycles. The molecule has 90 valence electrons. The van der Waals surface area contributed by atoms with Crippen LogP contribution in [-0.4, -0.2) is 17.3 Å². The van der Waals surface area contributed by atoms with Crippen LogP contribution in [0.3, 0.4) is 0 Å². The van der Waals surface area contributed by atoms with Crippen molar-refractivity contribution in [2.45, 2.75) is 13.2 Å². The van der Waals surface area contributed by atoms with E-state index in [0.29, 0.717) is 18.3 Å². The van der Waals surface area contributed by atoms with Gasteiger partial charge in [-0.15, -0.1) is 10.2 Å². The molecule has 17 heavy (non-hydrogen) atoms. The molecule has 1 heterocycles. The van der Waals surface area contributed by atoms with Crippen molar-refractivity contribution in [1.82, 2.24) is 10.2 Å². The maximum atomic E-state index is 5.50. The summed E-state index contributed by atoms with van der Waals surface area (Å²) in [6, 6.07) is 7.74. The van der Waals surface area contributed by atoms with Crippen LogP contribution in [0.5, 0.6) is 5.75 Å². The van der Waals surface area contributed by atoms with Crippen molar-refractivity contribution in [2.75, 3.05) is 12.8 Å². The van der Waals surface area contributed by atoms with E-state index in [-0.39, 0.29) is 0 Å². The van der Waals surface area contributed by atoms with Gasteiger partial charge in [-0.05, 0) is 17.7 Å². The number of hydrogen-bond donors (Lipinski definition) is 1. The molecule has 0 spiro atoms. The lowest BCUT2D eigenvalue weighted by atomic mass is 10.2. The van der Waals surface area contributed by atoms with Crippen molar-refractivity contribution in [3.05, 3.63) is 34.8 Å². The Morgan fingerprint density at radius 1 is 1.18 bits per heavy atom. The summed E-state index contributed by atoms with van der Waals surface area (Å²) in [4.78, 5) is 0. The van der Waals surface area contributed by atoms with E-state index in [2.05, 4.69) is 10.2 Å². The second-order valence-corrected chi connectivity index (χ2v) is 4.47. The van der Waals surface area contributed by atoms with Crippen molar-refractivity contribution in [3.8, 4) is 5.75 Å². The molecule has 0 unspecified atom stereocenters. The van der Waals surface area contributed by atoms with E-state index in [4.69, 9.17) is 15.2 Å². The number of anilines is 1. The van der Waals surface area contributed by atoms with Crippen molar-refractivity contribution >= 4 is 16.5 Å². The zero-order valence-electron chi connectivity index (χ0n) is 9.42. The van der Waals surface area contributed by atoms with Crippen LogP contribution in [0.1, 0.15) is 10.6 Å². The highest BCUT2D eigenvalue weighted by Crippen LogP contribution is 2.14. The van der Waals surface area contributed by atoms with Gasteiger partial charge in [-0.2, -0.15) is 0 Å². The Hall–Kier alpha value is -1.66. The second-order valence-electron chi connectivity index (χ2n) is 3.37. The smallest absolute Gasteiger partial charge is 0.203 e. The van der Waals surface area contributed by atoms with Gasteiger partial charge in [-0.1, -0.05) is 23.5 Å². The summed E-state index contributed by atoms with van der Waals surface area (Å²) in [6.07, 6.45) is 0. The average molecular weight is 251 g/mol. The average Bonchev–Trinajstić information content (AvgIpc) is 2.76. The number of aromatic nitrogens is 2. The number of benzene rings is 1. The van der Waals surface area contributed by atoms with Gasteiger partial charge in [-0.25, -0.2) is 0 Å². The Labute approximate surface area is 103 Å². The van der Waals surface area contributed by atoms with Crippen LogP contribution < -0.4 is 10.5 Å².